The van der Waals surface area contributed by atoms with Gasteiger partial charge in [-0.15, -0.1) is 0 Å². The van der Waals surface area contributed by atoms with Crippen LogP contribution in [0.25, 0.3) is 0 Å². The van der Waals surface area contributed by atoms with Gasteiger partial charge in [0.2, 0.25) is 10.0 Å². The Morgan fingerprint density at radius 2 is 1.57 bits per heavy atom. The average Bonchev–Trinajstić information content (AvgIpc) is 3.27. The van der Waals surface area contributed by atoms with Gasteiger partial charge < -0.3 is 10.6 Å². The summed E-state index contributed by atoms with van der Waals surface area (Å²) in [5.41, 5.74) is 1.35. The second-order valence-electron chi connectivity index (χ2n) is 6.44. The molecule has 2 amide bonds. The third-order valence-corrected chi connectivity index (χ3v) is 6.35. The number of benzene rings is 1. The third kappa shape index (κ3) is 4.93. The molecule has 28 heavy (non-hydrogen) atoms. The van der Waals surface area contributed by atoms with Crippen LogP contribution in [0.3, 0.4) is 0 Å². The first-order valence-corrected chi connectivity index (χ1v) is 10.5. The smallest absolute Gasteiger partial charge is 0.309 e. The molecule has 1 aliphatic heterocycles. The van der Waals surface area contributed by atoms with Crippen LogP contribution in [0, 0.1) is 0 Å². The summed E-state index contributed by atoms with van der Waals surface area (Å²) in [5, 5.41) is 5.01. The van der Waals surface area contributed by atoms with Crippen LogP contribution in [0.15, 0.2) is 53.6 Å². The van der Waals surface area contributed by atoms with E-state index in [1.165, 1.54) is 16.4 Å². The number of carbonyl (C=O) groups excluding carboxylic acids is 2. The zero-order valence-corrected chi connectivity index (χ0v) is 16.1. The van der Waals surface area contributed by atoms with E-state index in [4.69, 9.17) is 0 Å². The maximum Gasteiger partial charge on any atom is 0.309 e. The summed E-state index contributed by atoms with van der Waals surface area (Å²) in [5.74, 6) is -1.51. The largest absolute Gasteiger partial charge is 0.344 e. The van der Waals surface area contributed by atoms with E-state index in [1.54, 1.807) is 36.5 Å². The van der Waals surface area contributed by atoms with Gasteiger partial charge in [-0.1, -0.05) is 18.2 Å². The van der Waals surface area contributed by atoms with Crippen LogP contribution in [0.2, 0.25) is 0 Å². The lowest BCUT2D eigenvalue weighted by atomic mass is 10.2. The molecule has 0 radical (unpaired) electrons. The summed E-state index contributed by atoms with van der Waals surface area (Å²) in [6.45, 7) is 1.39. The predicted molar refractivity (Wildman–Crippen MR) is 102 cm³/mol. The van der Waals surface area contributed by atoms with E-state index >= 15 is 0 Å². The van der Waals surface area contributed by atoms with Gasteiger partial charge in [0.05, 0.1) is 17.1 Å². The minimum atomic E-state index is -3.46. The van der Waals surface area contributed by atoms with Crippen molar-refractivity contribution in [2.24, 2.45) is 0 Å². The Bertz CT molecular complexity index is 924. The molecule has 1 aliphatic rings. The van der Waals surface area contributed by atoms with Gasteiger partial charge in [0, 0.05) is 25.8 Å². The van der Waals surface area contributed by atoms with Crippen LogP contribution < -0.4 is 10.6 Å². The van der Waals surface area contributed by atoms with Gasteiger partial charge in [-0.2, -0.15) is 4.31 Å². The molecular weight excluding hydrogens is 380 g/mol. The number of carbonyl (C=O) groups is 2. The fourth-order valence-corrected chi connectivity index (χ4v) is 4.39. The van der Waals surface area contributed by atoms with Crippen molar-refractivity contribution in [3.8, 4) is 0 Å². The number of nitrogens with zero attached hydrogens (tertiary/aromatic N) is 2. The van der Waals surface area contributed by atoms with Gasteiger partial charge in [0.1, 0.15) is 0 Å². The molecule has 0 saturated carbocycles. The molecule has 0 aliphatic carbocycles. The first-order valence-electron chi connectivity index (χ1n) is 9.02. The van der Waals surface area contributed by atoms with Crippen molar-refractivity contribution in [3.05, 3.63) is 59.9 Å². The van der Waals surface area contributed by atoms with E-state index in [9.17, 15) is 18.0 Å². The minimum Gasteiger partial charge on any atom is -0.344 e. The van der Waals surface area contributed by atoms with Crippen molar-refractivity contribution in [2.75, 3.05) is 13.1 Å². The van der Waals surface area contributed by atoms with E-state index in [-0.39, 0.29) is 18.0 Å². The van der Waals surface area contributed by atoms with Crippen molar-refractivity contribution in [1.29, 1.82) is 0 Å². The molecule has 2 heterocycles. The van der Waals surface area contributed by atoms with Gasteiger partial charge in [0.25, 0.3) is 0 Å². The van der Waals surface area contributed by atoms with Gasteiger partial charge >= 0.3 is 11.8 Å². The standard InChI is InChI=1S/C19H22N4O4S/c24-18(19(25)22-14-16-5-1-2-10-20-16)21-13-15-6-8-17(9-7-15)28(26,27)23-11-3-4-12-23/h1-2,5-10H,3-4,11-14H2,(H,21,24)(H,22,25). The van der Waals surface area contributed by atoms with Crippen LogP contribution in [-0.2, 0) is 32.7 Å². The highest BCUT2D eigenvalue weighted by atomic mass is 32.2. The summed E-state index contributed by atoms with van der Waals surface area (Å²) >= 11 is 0. The highest BCUT2D eigenvalue weighted by Gasteiger charge is 2.26. The molecule has 1 aromatic carbocycles. The molecule has 2 aromatic rings. The van der Waals surface area contributed by atoms with Crippen LogP contribution in [0.1, 0.15) is 24.1 Å². The normalized spacial score (nSPS) is 14.6. The summed E-state index contributed by atoms with van der Waals surface area (Å²) in [7, 11) is -3.46. The average molecular weight is 402 g/mol. The van der Waals surface area contributed by atoms with Crippen molar-refractivity contribution < 1.29 is 18.0 Å². The second-order valence-corrected chi connectivity index (χ2v) is 8.38. The summed E-state index contributed by atoms with van der Waals surface area (Å²) < 4.78 is 26.5. The molecule has 0 unspecified atom stereocenters. The van der Waals surface area contributed by atoms with E-state index < -0.39 is 21.8 Å². The highest BCUT2D eigenvalue weighted by Crippen LogP contribution is 2.21. The number of hydrogen-bond acceptors (Lipinski definition) is 5. The molecule has 1 aromatic heterocycles. The molecule has 3 rings (SSSR count). The maximum atomic E-state index is 12.5. The zero-order chi connectivity index (χ0) is 20.0. The second kappa shape index (κ2) is 8.94. The molecule has 148 valence electrons. The molecule has 1 saturated heterocycles. The highest BCUT2D eigenvalue weighted by molar-refractivity contribution is 7.89. The molecule has 0 bridgehead atoms. The summed E-state index contributed by atoms with van der Waals surface area (Å²) in [6, 6.07) is 11.6. The topological polar surface area (TPSA) is 108 Å². The van der Waals surface area contributed by atoms with Crippen molar-refractivity contribution >= 4 is 21.8 Å². The predicted octanol–water partition coefficient (Wildman–Crippen LogP) is 0.799. The molecule has 1 fully saturated rings. The van der Waals surface area contributed by atoms with E-state index in [2.05, 4.69) is 15.6 Å². The minimum absolute atomic E-state index is 0.125. The lowest BCUT2D eigenvalue weighted by molar-refractivity contribution is -0.139. The lowest BCUT2D eigenvalue weighted by Crippen LogP contribution is -2.39. The zero-order valence-electron chi connectivity index (χ0n) is 15.3. The maximum absolute atomic E-state index is 12.5. The number of aromatic nitrogens is 1. The van der Waals surface area contributed by atoms with Gasteiger partial charge in [-0.05, 0) is 42.7 Å². The fraction of sp³-hybridized carbons (Fsp3) is 0.316. The van der Waals surface area contributed by atoms with Crippen LogP contribution >= 0.6 is 0 Å². The number of amides is 2. The van der Waals surface area contributed by atoms with Gasteiger partial charge in [-0.25, -0.2) is 8.42 Å². The number of hydrogen-bond donors (Lipinski definition) is 2. The van der Waals surface area contributed by atoms with Crippen molar-refractivity contribution in [1.82, 2.24) is 19.9 Å². The lowest BCUT2D eigenvalue weighted by Gasteiger charge is -2.15. The Hall–Kier alpha value is -2.78. The molecule has 0 atom stereocenters. The molecule has 9 heteroatoms. The Morgan fingerprint density at radius 3 is 2.18 bits per heavy atom. The van der Waals surface area contributed by atoms with E-state index in [1.807, 2.05) is 0 Å². The van der Waals surface area contributed by atoms with Crippen molar-refractivity contribution in [3.63, 3.8) is 0 Å². The first kappa shape index (κ1) is 20.0. The van der Waals surface area contributed by atoms with Crippen LogP contribution in [0.5, 0.6) is 0 Å². The van der Waals surface area contributed by atoms with E-state index in [0.717, 1.165) is 12.8 Å². The van der Waals surface area contributed by atoms with Gasteiger partial charge in [-0.3, -0.25) is 14.6 Å². The Kier molecular flexibility index (Phi) is 6.37. The number of nitrogens with one attached hydrogen (secondary N) is 2. The van der Waals surface area contributed by atoms with E-state index in [0.29, 0.717) is 24.3 Å². The number of sulfonamides is 1. The molecule has 0 spiro atoms. The Balaban J connectivity index is 1.50. The SMILES string of the molecule is O=C(NCc1ccc(S(=O)(=O)N2CCCC2)cc1)C(=O)NCc1ccccn1. The number of pyridine rings is 1. The van der Waals surface area contributed by atoms with Crippen LogP contribution in [0.4, 0.5) is 0 Å². The first-order chi connectivity index (χ1) is 13.5. The Morgan fingerprint density at radius 1 is 0.929 bits per heavy atom. The summed E-state index contributed by atoms with van der Waals surface area (Å²) in [6.07, 6.45) is 3.37. The summed E-state index contributed by atoms with van der Waals surface area (Å²) in [4.78, 5) is 28.0. The molecular formula is C19H22N4O4S. The van der Waals surface area contributed by atoms with Crippen LogP contribution in [-0.4, -0.2) is 42.6 Å². The van der Waals surface area contributed by atoms with Gasteiger partial charge in [0.15, 0.2) is 0 Å². The fourth-order valence-electron chi connectivity index (χ4n) is 2.87. The quantitative estimate of drug-likeness (QED) is 0.695. The van der Waals surface area contributed by atoms with Crippen molar-refractivity contribution in [2.45, 2.75) is 30.8 Å². The monoisotopic (exact) mass is 402 g/mol. The number of rotatable bonds is 6. The Labute approximate surface area is 164 Å². The third-order valence-electron chi connectivity index (χ3n) is 4.44. The molecule has 8 nitrogen and oxygen atoms in total. The molecule has 2 N–H and O–H groups in total.